The van der Waals surface area contributed by atoms with Gasteiger partial charge < -0.3 is 26.4 Å². The fourth-order valence-corrected chi connectivity index (χ4v) is 2.02. The second-order valence-corrected chi connectivity index (χ2v) is 5.00. The molecular weight excluding hydrogens is 324 g/mol. The van der Waals surface area contributed by atoms with Crippen molar-refractivity contribution in [1.29, 1.82) is 0 Å². The predicted molar refractivity (Wildman–Crippen MR) is 93.6 cm³/mol. The number of rotatable bonds is 6. The Hall–Kier alpha value is -3.55. The quantitative estimate of drug-likeness (QED) is 0.636. The van der Waals surface area contributed by atoms with Crippen molar-refractivity contribution in [2.75, 3.05) is 24.3 Å². The molecule has 2 aromatic carbocycles. The van der Waals surface area contributed by atoms with Crippen molar-refractivity contribution in [3.05, 3.63) is 54.1 Å². The lowest BCUT2D eigenvalue weighted by atomic mass is 10.2. The van der Waals surface area contributed by atoms with E-state index in [0.717, 1.165) is 0 Å². The van der Waals surface area contributed by atoms with Gasteiger partial charge in [-0.3, -0.25) is 9.59 Å². The van der Waals surface area contributed by atoms with Crippen molar-refractivity contribution in [2.45, 2.75) is 0 Å². The summed E-state index contributed by atoms with van der Waals surface area (Å²) in [5.74, 6) is -0.176. The Bertz CT molecular complexity index is 774. The molecule has 0 saturated carbocycles. The molecule has 0 aliphatic carbocycles. The highest BCUT2D eigenvalue weighted by molar-refractivity contribution is 6.05. The number of methoxy groups -OCH3 is 1. The number of carbonyl (C=O) groups excluding carboxylic acids is 3. The highest BCUT2D eigenvalue weighted by atomic mass is 16.5. The van der Waals surface area contributed by atoms with Gasteiger partial charge in [0.15, 0.2) is 0 Å². The molecule has 5 N–H and O–H groups in total. The van der Waals surface area contributed by atoms with Gasteiger partial charge in [0.05, 0.1) is 19.3 Å². The molecule has 8 nitrogen and oxygen atoms in total. The number of benzene rings is 2. The van der Waals surface area contributed by atoms with E-state index in [9.17, 15) is 14.4 Å². The van der Waals surface area contributed by atoms with Crippen molar-refractivity contribution < 1.29 is 19.1 Å². The van der Waals surface area contributed by atoms with Gasteiger partial charge in [-0.1, -0.05) is 12.1 Å². The molecule has 0 heterocycles. The Morgan fingerprint density at radius 2 is 1.68 bits per heavy atom. The minimum absolute atomic E-state index is 0.231. The number of nitrogens with one attached hydrogen (secondary N) is 3. The normalized spacial score (nSPS) is 9.80. The Kier molecular flexibility index (Phi) is 5.94. The van der Waals surface area contributed by atoms with E-state index in [1.807, 2.05) is 0 Å². The second kappa shape index (κ2) is 8.34. The van der Waals surface area contributed by atoms with Crippen LogP contribution in [0.1, 0.15) is 10.4 Å². The molecule has 25 heavy (non-hydrogen) atoms. The molecule has 0 saturated heterocycles. The molecule has 0 fully saturated rings. The number of anilines is 2. The summed E-state index contributed by atoms with van der Waals surface area (Å²) in [4.78, 5) is 34.4. The highest BCUT2D eigenvalue weighted by Crippen LogP contribution is 2.23. The second-order valence-electron chi connectivity index (χ2n) is 5.00. The van der Waals surface area contributed by atoms with Crippen LogP contribution in [-0.4, -0.2) is 31.5 Å². The van der Waals surface area contributed by atoms with Gasteiger partial charge in [-0.2, -0.15) is 0 Å². The molecule has 0 unspecified atom stereocenters. The van der Waals surface area contributed by atoms with Gasteiger partial charge in [-0.25, -0.2) is 4.79 Å². The Labute approximate surface area is 144 Å². The molecule has 4 amide bonds. The van der Waals surface area contributed by atoms with E-state index in [4.69, 9.17) is 10.5 Å². The van der Waals surface area contributed by atoms with E-state index in [1.54, 1.807) is 48.5 Å². The minimum atomic E-state index is -0.779. The zero-order chi connectivity index (χ0) is 18.2. The predicted octanol–water partition coefficient (Wildman–Crippen LogP) is 1.55. The maximum Gasteiger partial charge on any atom is 0.312 e. The van der Waals surface area contributed by atoms with Gasteiger partial charge >= 0.3 is 6.03 Å². The molecule has 2 rings (SSSR count). The minimum Gasteiger partial charge on any atom is -0.495 e. The summed E-state index contributed by atoms with van der Waals surface area (Å²) >= 11 is 0. The molecule has 130 valence electrons. The Balaban J connectivity index is 1.98. The van der Waals surface area contributed by atoms with E-state index >= 15 is 0 Å². The fourth-order valence-electron chi connectivity index (χ4n) is 2.02. The van der Waals surface area contributed by atoms with Gasteiger partial charge in [0.1, 0.15) is 5.75 Å². The zero-order valence-electron chi connectivity index (χ0n) is 13.5. The van der Waals surface area contributed by atoms with E-state index in [1.165, 1.54) is 7.11 Å². The van der Waals surface area contributed by atoms with Crippen molar-refractivity contribution in [3.63, 3.8) is 0 Å². The number of carbonyl (C=O) groups is 3. The lowest BCUT2D eigenvalue weighted by molar-refractivity contribution is -0.115. The van der Waals surface area contributed by atoms with Crippen LogP contribution in [0.25, 0.3) is 0 Å². The van der Waals surface area contributed by atoms with Crippen molar-refractivity contribution in [1.82, 2.24) is 5.32 Å². The van der Waals surface area contributed by atoms with Crippen LogP contribution in [0.2, 0.25) is 0 Å². The molecule has 0 aliphatic rings. The molecule has 0 aromatic heterocycles. The first-order valence-corrected chi connectivity index (χ1v) is 7.37. The summed E-state index contributed by atoms with van der Waals surface area (Å²) in [5, 5.41) is 7.51. The molecule has 0 bridgehead atoms. The lowest BCUT2D eigenvalue weighted by Gasteiger charge is -2.10. The number of hydrogen-bond donors (Lipinski definition) is 4. The number of ether oxygens (including phenoxy) is 1. The average Bonchev–Trinajstić information content (AvgIpc) is 2.61. The third-order valence-electron chi connectivity index (χ3n) is 3.21. The number of para-hydroxylation sites is 2. The third kappa shape index (κ3) is 5.24. The standard InChI is InChI=1S/C17H18N4O4/c1-25-14-5-3-2-4-13(14)21-16(23)11-6-8-12(9-7-11)20-15(22)10-19-17(18)24/h2-9H,10H2,1H3,(H,20,22)(H,21,23)(H3,18,19,24). The van der Waals surface area contributed by atoms with Gasteiger partial charge in [0.25, 0.3) is 5.91 Å². The maximum atomic E-state index is 12.3. The highest BCUT2D eigenvalue weighted by Gasteiger charge is 2.10. The number of urea groups is 1. The zero-order valence-corrected chi connectivity index (χ0v) is 13.5. The molecule has 2 aromatic rings. The van der Waals surface area contributed by atoms with Gasteiger partial charge in [-0.05, 0) is 36.4 Å². The van der Waals surface area contributed by atoms with Crippen LogP contribution in [0, 0.1) is 0 Å². The van der Waals surface area contributed by atoms with E-state index < -0.39 is 11.9 Å². The Morgan fingerprint density at radius 3 is 2.32 bits per heavy atom. The van der Waals surface area contributed by atoms with Gasteiger partial charge in [0, 0.05) is 11.3 Å². The van der Waals surface area contributed by atoms with E-state index in [2.05, 4.69) is 16.0 Å². The van der Waals surface area contributed by atoms with Crippen LogP contribution < -0.4 is 26.4 Å². The number of primary amides is 1. The van der Waals surface area contributed by atoms with Crippen LogP contribution >= 0.6 is 0 Å². The first-order valence-electron chi connectivity index (χ1n) is 7.37. The van der Waals surface area contributed by atoms with Crippen LogP contribution in [0.15, 0.2) is 48.5 Å². The van der Waals surface area contributed by atoms with Crippen molar-refractivity contribution in [2.24, 2.45) is 5.73 Å². The van der Waals surface area contributed by atoms with Gasteiger partial charge in [0.2, 0.25) is 5.91 Å². The summed E-state index contributed by atoms with van der Waals surface area (Å²) in [6, 6.07) is 12.6. The van der Waals surface area contributed by atoms with Crippen LogP contribution in [0.3, 0.4) is 0 Å². The van der Waals surface area contributed by atoms with Crippen LogP contribution in [-0.2, 0) is 4.79 Å². The average molecular weight is 342 g/mol. The molecule has 0 aliphatic heterocycles. The van der Waals surface area contributed by atoms with Crippen molar-refractivity contribution in [3.8, 4) is 5.75 Å². The maximum absolute atomic E-state index is 12.3. The smallest absolute Gasteiger partial charge is 0.312 e. The molecule has 0 spiro atoms. The summed E-state index contributed by atoms with van der Waals surface area (Å²) < 4.78 is 5.18. The first kappa shape index (κ1) is 17.8. The molecular formula is C17H18N4O4. The van der Waals surface area contributed by atoms with Crippen LogP contribution in [0.4, 0.5) is 16.2 Å². The number of amides is 4. The fraction of sp³-hybridized carbons (Fsp3) is 0.118. The Morgan fingerprint density at radius 1 is 1.00 bits per heavy atom. The number of nitrogens with two attached hydrogens (primary N) is 1. The van der Waals surface area contributed by atoms with Gasteiger partial charge in [-0.15, -0.1) is 0 Å². The largest absolute Gasteiger partial charge is 0.495 e. The summed E-state index contributed by atoms with van der Waals surface area (Å²) in [6.45, 7) is -0.231. The van der Waals surface area contributed by atoms with E-state index in [0.29, 0.717) is 22.7 Å². The number of hydrogen-bond acceptors (Lipinski definition) is 4. The summed E-state index contributed by atoms with van der Waals surface area (Å²) in [5.41, 5.74) is 6.35. The SMILES string of the molecule is COc1ccccc1NC(=O)c1ccc(NC(=O)CNC(N)=O)cc1. The summed E-state index contributed by atoms with van der Waals surface area (Å²) in [6.07, 6.45) is 0. The summed E-state index contributed by atoms with van der Waals surface area (Å²) in [7, 11) is 1.52. The third-order valence-corrected chi connectivity index (χ3v) is 3.21. The van der Waals surface area contributed by atoms with E-state index in [-0.39, 0.29) is 12.5 Å². The first-order chi connectivity index (χ1) is 12.0. The van der Waals surface area contributed by atoms with Crippen LogP contribution in [0.5, 0.6) is 5.75 Å². The molecule has 8 heteroatoms. The molecule has 0 atom stereocenters. The monoisotopic (exact) mass is 342 g/mol. The lowest BCUT2D eigenvalue weighted by Crippen LogP contribution is -2.36. The van der Waals surface area contributed by atoms with Crippen molar-refractivity contribution >= 4 is 29.2 Å². The molecule has 0 radical (unpaired) electrons. The topological polar surface area (TPSA) is 123 Å².